The smallest absolute Gasteiger partial charge is 0.171 e. The lowest BCUT2D eigenvalue weighted by atomic mass is 10.2. The molecule has 1 aromatic heterocycles. The third-order valence-electron chi connectivity index (χ3n) is 3.34. The zero-order valence-corrected chi connectivity index (χ0v) is 12.6. The van der Waals surface area contributed by atoms with E-state index in [1.54, 1.807) is 6.08 Å². The third-order valence-corrected chi connectivity index (χ3v) is 3.59. The van der Waals surface area contributed by atoms with Crippen molar-refractivity contribution < 1.29 is 0 Å². The Morgan fingerprint density at radius 1 is 1.30 bits per heavy atom. The first-order valence-corrected chi connectivity index (χ1v) is 7.57. The summed E-state index contributed by atoms with van der Waals surface area (Å²) in [5.41, 5.74) is 0.908. The average Bonchev–Trinajstić information content (AvgIpc) is 2.75. The Kier molecular flexibility index (Phi) is 5.80. The van der Waals surface area contributed by atoms with Crippen molar-refractivity contribution >= 4 is 28.8 Å². The topological polar surface area (TPSA) is 40.2 Å². The minimum absolute atomic E-state index is 0.592. The fourth-order valence-electron chi connectivity index (χ4n) is 2.29. The van der Waals surface area contributed by atoms with Crippen LogP contribution in [0.15, 0.2) is 31.0 Å². The van der Waals surface area contributed by atoms with Gasteiger partial charge in [-0.2, -0.15) is 0 Å². The second-order valence-corrected chi connectivity index (χ2v) is 5.34. The van der Waals surface area contributed by atoms with Crippen molar-refractivity contribution in [1.82, 2.24) is 10.3 Å². The molecular weight excluding hydrogens is 268 g/mol. The number of pyridine rings is 1. The highest BCUT2D eigenvalue weighted by Gasteiger charge is 2.10. The molecule has 5 heteroatoms. The molecule has 1 aliphatic rings. The molecule has 1 aromatic rings. The van der Waals surface area contributed by atoms with Crippen molar-refractivity contribution in [2.24, 2.45) is 0 Å². The van der Waals surface area contributed by atoms with Crippen LogP contribution >= 0.6 is 12.2 Å². The van der Waals surface area contributed by atoms with E-state index in [0.717, 1.165) is 24.6 Å². The Morgan fingerprint density at radius 3 is 2.65 bits per heavy atom. The van der Waals surface area contributed by atoms with Gasteiger partial charge in [-0.3, -0.25) is 0 Å². The van der Waals surface area contributed by atoms with Gasteiger partial charge >= 0.3 is 0 Å². The first-order valence-electron chi connectivity index (χ1n) is 7.16. The van der Waals surface area contributed by atoms with Gasteiger partial charge in [0, 0.05) is 19.6 Å². The van der Waals surface area contributed by atoms with Gasteiger partial charge in [0.15, 0.2) is 5.11 Å². The summed E-state index contributed by atoms with van der Waals surface area (Å²) in [5.74, 6) is 1.06. The summed E-state index contributed by atoms with van der Waals surface area (Å²) in [6.45, 7) is 6.52. The average molecular weight is 290 g/mol. The summed E-state index contributed by atoms with van der Waals surface area (Å²) in [6.07, 6.45) is 8.80. The van der Waals surface area contributed by atoms with E-state index in [2.05, 4.69) is 33.2 Å². The van der Waals surface area contributed by atoms with E-state index in [4.69, 9.17) is 12.2 Å². The lowest BCUT2D eigenvalue weighted by Crippen LogP contribution is -2.28. The van der Waals surface area contributed by atoms with E-state index in [1.807, 2.05) is 12.3 Å². The van der Waals surface area contributed by atoms with Crippen LogP contribution in [0.4, 0.5) is 11.5 Å². The van der Waals surface area contributed by atoms with Crippen LogP contribution < -0.4 is 15.5 Å². The van der Waals surface area contributed by atoms with Gasteiger partial charge in [-0.1, -0.05) is 18.9 Å². The van der Waals surface area contributed by atoms with Crippen LogP contribution in [0.25, 0.3) is 0 Å². The molecule has 0 radical (unpaired) electrons. The maximum atomic E-state index is 5.17. The van der Waals surface area contributed by atoms with Crippen molar-refractivity contribution in [1.29, 1.82) is 0 Å². The normalized spacial score (nSPS) is 15.3. The molecule has 1 aliphatic heterocycles. The Morgan fingerprint density at radius 2 is 2.05 bits per heavy atom. The molecule has 1 saturated heterocycles. The van der Waals surface area contributed by atoms with Crippen molar-refractivity contribution in [2.75, 3.05) is 29.9 Å². The molecule has 2 rings (SSSR count). The summed E-state index contributed by atoms with van der Waals surface area (Å²) < 4.78 is 0. The molecule has 1 fully saturated rings. The summed E-state index contributed by atoms with van der Waals surface area (Å²) in [4.78, 5) is 6.90. The third kappa shape index (κ3) is 4.49. The highest BCUT2D eigenvalue weighted by Crippen LogP contribution is 2.18. The molecule has 0 unspecified atom stereocenters. The predicted octanol–water partition coefficient (Wildman–Crippen LogP) is 2.93. The number of hydrogen-bond donors (Lipinski definition) is 2. The zero-order chi connectivity index (χ0) is 14.2. The molecular formula is C15H22N4S. The maximum absolute atomic E-state index is 5.17. The van der Waals surface area contributed by atoms with Crippen LogP contribution in [0.2, 0.25) is 0 Å². The van der Waals surface area contributed by atoms with Gasteiger partial charge in [0.05, 0.1) is 11.9 Å². The summed E-state index contributed by atoms with van der Waals surface area (Å²) in [6, 6.07) is 4.08. The lowest BCUT2D eigenvalue weighted by molar-refractivity contribution is 0.726. The number of nitrogens with zero attached hydrogens (tertiary/aromatic N) is 2. The summed E-state index contributed by atoms with van der Waals surface area (Å²) in [7, 11) is 0. The van der Waals surface area contributed by atoms with Crippen molar-refractivity contribution in [3.8, 4) is 0 Å². The standard InChI is InChI=1S/C15H22N4S/c1-2-9-16-15(20)18-13-7-8-14(17-12-13)19-10-5-3-4-6-11-19/h2,7-8,12H,1,3-6,9-11H2,(H2,16,18,20). The second kappa shape index (κ2) is 7.85. The van der Waals surface area contributed by atoms with Crippen molar-refractivity contribution in [3.05, 3.63) is 31.0 Å². The van der Waals surface area contributed by atoms with Crippen LogP contribution in [0, 0.1) is 0 Å². The SMILES string of the molecule is C=CCNC(=S)Nc1ccc(N2CCCCCC2)nc1. The summed E-state index contributed by atoms with van der Waals surface area (Å²) >= 11 is 5.17. The number of hydrogen-bond acceptors (Lipinski definition) is 3. The molecule has 0 atom stereocenters. The van der Waals surface area contributed by atoms with Gasteiger partial charge in [0.1, 0.15) is 5.82 Å². The van der Waals surface area contributed by atoms with Gasteiger partial charge in [-0.25, -0.2) is 4.98 Å². The van der Waals surface area contributed by atoms with Gasteiger partial charge in [0.25, 0.3) is 0 Å². The molecule has 4 nitrogen and oxygen atoms in total. The van der Waals surface area contributed by atoms with Crippen LogP contribution in [0.3, 0.4) is 0 Å². The zero-order valence-electron chi connectivity index (χ0n) is 11.8. The minimum atomic E-state index is 0.592. The number of nitrogens with one attached hydrogen (secondary N) is 2. The first-order chi connectivity index (χ1) is 9.79. The molecule has 0 spiro atoms. The number of anilines is 2. The van der Waals surface area contributed by atoms with Crippen LogP contribution in [0.5, 0.6) is 0 Å². The highest BCUT2D eigenvalue weighted by atomic mass is 32.1. The molecule has 20 heavy (non-hydrogen) atoms. The molecule has 0 aromatic carbocycles. The number of aromatic nitrogens is 1. The van der Waals surface area contributed by atoms with E-state index in [-0.39, 0.29) is 0 Å². The van der Waals surface area contributed by atoms with Crippen LogP contribution in [0.1, 0.15) is 25.7 Å². The van der Waals surface area contributed by atoms with E-state index in [1.165, 1.54) is 25.7 Å². The lowest BCUT2D eigenvalue weighted by Gasteiger charge is -2.21. The largest absolute Gasteiger partial charge is 0.359 e. The maximum Gasteiger partial charge on any atom is 0.171 e. The van der Waals surface area contributed by atoms with E-state index in [0.29, 0.717) is 11.7 Å². The quantitative estimate of drug-likeness (QED) is 0.659. The second-order valence-electron chi connectivity index (χ2n) is 4.93. The molecule has 0 amide bonds. The fraction of sp³-hybridized carbons (Fsp3) is 0.467. The Hall–Kier alpha value is -1.62. The molecule has 2 heterocycles. The van der Waals surface area contributed by atoms with Crippen LogP contribution in [-0.2, 0) is 0 Å². The Balaban J connectivity index is 1.91. The van der Waals surface area contributed by atoms with E-state index in [9.17, 15) is 0 Å². The van der Waals surface area contributed by atoms with Gasteiger partial charge in [-0.05, 0) is 37.2 Å². The Labute approximate surface area is 126 Å². The Bertz CT molecular complexity index is 436. The van der Waals surface area contributed by atoms with Gasteiger partial charge in [0.2, 0.25) is 0 Å². The molecule has 0 aliphatic carbocycles. The molecule has 2 N–H and O–H groups in total. The summed E-state index contributed by atoms with van der Waals surface area (Å²) in [5, 5.41) is 6.73. The minimum Gasteiger partial charge on any atom is -0.359 e. The van der Waals surface area contributed by atoms with E-state index >= 15 is 0 Å². The molecule has 0 bridgehead atoms. The molecule has 108 valence electrons. The van der Waals surface area contributed by atoms with E-state index < -0.39 is 0 Å². The van der Waals surface area contributed by atoms with Crippen LogP contribution in [-0.4, -0.2) is 29.7 Å². The monoisotopic (exact) mass is 290 g/mol. The van der Waals surface area contributed by atoms with Crippen molar-refractivity contribution in [2.45, 2.75) is 25.7 Å². The number of thiocarbonyl (C=S) groups is 1. The highest BCUT2D eigenvalue weighted by molar-refractivity contribution is 7.80. The van der Waals surface area contributed by atoms with Gasteiger partial charge in [-0.15, -0.1) is 6.58 Å². The van der Waals surface area contributed by atoms with Crippen molar-refractivity contribution in [3.63, 3.8) is 0 Å². The number of rotatable bonds is 4. The first kappa shape index (κ1) is 14.8. The van der Waals surface area contributed by atoms with Gasteiger partial charge < -0.3 is 15.5 Å². The fourth-order valence-corrected chi connectivity index (χ4v) is 2.49. The molecule has 0 saturated carbocycles. The predicted molar refractivity (Wildman–Crippen MR) is 89.3 cm³/mol.